The smallest absolute Gasteiger partial charge is 0.303 e. The summed E-state index contributed by atoms with van der Waals surface area (Å²) in [5.74, 6) is -1.31. The molecule has 4 nitrogen and oxygen atoms in total. The average Bonchev–Trinajstić information content (AvgIpc) is 2.87. The zero-order valence-corrected chi connectivity index (χ0v) is 25.2. The lowest BCUT2D eigenvalue weighted by Crippen LogP contribution is -1.93. The molecule has 0 aromatic heterocycles. The number of unbranched alkanes of at least 4 members (excludes halogenated alkanes) is 25. The molecule has 0 fully saturated rings. The molecule has 2 N–H and O–H groups in total. The Bertz CT molecular complexity index is 450. The molecule has 0 aliphatic rings. The van der Waals surface area contributed by atoms with Gasteiger partial charge in [0.25, 0.3) is 0 Å². The van der Waals surface area contributed by atoms with Crippen molar-refractivity contribution >= 4 is 11.9 Å². The molecule has 0 bridgehead atoms. The molecule has 0 saturated heterocycles. The molecule has 0 atom stereocenters. The molecule has 0 aromatic rings. The Morgan fingerprint density at radius 3 is 0.649 bits per heavy atom. The van der Waals surface area contributed by atoms with Crippen molar-refractivity contribution < 1.29 is 19.8 Å². The summed E-state index contributed by atoms with van der Waals surface area (Å²) in [4.78, 5) is 20.6. The van der Waals surface area contributed by atoms with Crippen molar-refractivity contribution in [1.82, 2.24) is 0 Å². The van der Waals surface area contributed by atoms with Crippen LogP contribution in [0.3, 0.4) is 0 Å². The number of rotatable bonds is 29. The second-order valence-electron chi connectivity index (χ2n) is 11.1. The van der Waals surface area contributed by atoms with Gasteiger partial charge in [0.05, 0.1) is 0 Å². The highest BCUT2D eigenvalue weighted by atomic mass is 16.4. The number of carbonyl (C=O) groups is 2. The third-order valence-corrected chi connectivity index (χ3v) is 7.24. The average molecular weight is 527 g/mol. The molecule has 37 heavy (non-hydrogen) atoms. The van der Waals surface area contributed by atoms with Crippen LogP contribution in [0.5, 0.6) is 0 Å². The van der Waals surface area contributed by atoms with Gasteiger partial charge in [-0.1, -0.05) is 174 Å². The van der Waals surface area contributed by atoms with E-state index in [9.17, 15) is 9.59 Å². The third-order valence-electron chi connectivity index (χ3n) is 7.24. The first-order valence-electron chi connectivity index (χ1n) is 16.5. The van der Waals surface area contributed by atoms with E-state index in [0.29, 0.717) is 12.8 Å². The topological polar surface area (TPSA) is 74.6 Å². The van der Waals surface area contributed by atoms with E-state index in [0.717, 1.165) is 25.7 Å². The molecule has 0 aromatic carbocycles. The van der Waals surface area contributed by atoms with Crippen molar-refractivity contribution in [3.05, 3.63) is 0 Å². The Labute approximate surface area is 231 Å². The van der Waals surface area contributed by atoms with Gasteiger partial charge in [-0.05, 0) is 12.8 Å². The summed E-state index contributed by atoms with van der Waals surface area (Å²) in [6.07, 6.45) is 36.0. The van der Waals surface area contributed by atoms with Crippen LogP contribution in [0.25, 0.3) is 0 Å². The van der Waals surface area contributed by atoms with Crippen molar-refractivity contribution in [2.75, 3.05) is 0 Å². The minimum Gasteiger partial charge on any atom is -0.481 e. The van der Waals surface area contributed by atoms with Gasteiger partial charge in [0.1, 0.15) is 0 Å². The summed E-state index contributed by atoms with van der Waals surface area (Å²) in [5, 5.41) is 17.0. The van der Waals surface area contributed by atoms with Crippen molar-refractivity contribution in [2.45, 2.75) is 200 Å². The Morgan fingerprint density at radius 2 is 0.486 bits per heavy atom. The third kappa shape index (κ3) is 42.3. The molecular weight excluding hydrogens is 460 g/mol. The molecule has 0 radical (unpaired) electrons. The Kier molecular flexibility index (Phi) is 36.0. The normalized spacial score (nSPS) is 10.8. The Morgan fingerprint density at radius 1 is 0.324 bits per heavy atom. The number of carboxylic acids is 2. The molecule has 0 unspecified atom stereocenters. The molecule has 4 heteroatoms. The number of hydrogen-bond acceptors (Lipinski definition) is 2. The molecule has 222 valence electrons. The van der Waals surface area contributed by atoms with Crippen LogP contribution in [0.4, 0.5) is 0 Å². The van der Waals surface area contributed by atoms with Crippen molar-refractivity contribution in [3.63, 3.8) is 0 Å². The molecular formula is C33H66O4. The van der Waals surface area contributed by atoms with Crippen LogP contribution in [-0.4, -0.2) is 22.2 Å². The van der Waals surface area contributed by atoms with E-state index >= 15 is 0 Å². The zero-order valence-electron chi connectivity index (χ0n) is 25.2. The highest BCUT2D eigenvalue weighted by molar-refractivity contribution is 5.66. The summed E-state index contributed by atoms with van der Waals surface area (Å²) in [5.41, 5.74) is 0. The van der Waals surface area contributed by atoms with Gasteiger partial charge in [0.15, 0.2) is 0 Å². The van der Waals surface area contributed by atoms with Crippen LogP contribution in [0, 0.1) is 0 Å². The van der Waals surface area contributed by atoms with E-state index in [-0.39, 0.29) is 0 Å². The minimum atomic E-state index is -0.655. The van der Waals surface area contributed by atoms with Gasteiger partial charge in [-0.15, -0.1) is 0 Å². The van der Waals surface area contributed by atoms with E-state index in [1.807, 2.05) is 0 Å². The van der Waals surface area contributed by atoms with Crippen LogP contribution in [0.1, 0.15) is 200 Å². The van der Waals surface area contributed by atoms with Crippen LogP contribution in [0.15, 0.2) is 0 Å². The maximum Gasteiger partial charge on any atom is 0.303 e. The van der Waals surface area contributed by atoms with Gasteiger partial charge >= 0.3 is 11.9 Å². The van der Waals surface area contributed by atoms with E-state index in [1.54, 1.807) is 0 Å². The molecule has 0 heterocycles. The summed E-state index contributed by atoms with van der Waals surface area (Å²) < 4.78 is 0. The van der Waals surface area contributed by atoms with E-state index in [2.05, 4.69) is 13.8 Å². The standard InChI is InChI=1S/C17H34O2.C16H32O2/c1-2-3-4-5-6-7-8-9-10-11-12-13-14-15-16-17(18)19;1-2-3-4-5-6-7-8-9-10-11-12-13-14-15-16(17)18/h2-16H2,1H3,(H,18,19);2-15H2,1H3,(H,17,18). The summed E-state index contributed by atoms with van der Waals surface area (Å²) in [7, 11) is 0. The first kappa shape index (κ1) is 38.1. The largest absolute Gasteiger partial charge is 0.481 e. The SMILES string of the molecule is CCCCCCCCCCCCCCCC(=O)O.CCCCCCCCCCCCCCCCC(=O)O. The van der Waals surface area contributed by atoms with Gasteiger partial charge in [-0.2, -0.15) is 0 Å². The molecule has 0 rings (SSSR count). The lowest BCUT2D eigenvalue weighted by atomic mass is 10.0. The van der Waals surface area contributed by atoms with Gasteiger partial charge in [-0.3, -0.25) is 9.59 Å². The highest BCUT2D eigenvalue weighted by Gasteiger charge is 1.98. The van der Waals surface area contributed by atoms with Gasteiger partial charge in [0, 0.05) is 12.8 Å². The zero-order chi connectivity index (χ0) is 27.7. The fourth-order valence-corrected chi connectivity index (χ4v) is 4.76. The lowest BCUT2D eigenvalue weighted by molar-refractivity contribution is -0.138. The minimum absolute atomic E-state index is 0.345. The highest BCUT2D eigenvalue weighted by Crippen LogP contribution is 2.14. The van der Waals surface area contributed by atoms with Crippen LogP contribution < -0.4 is 0 Å². The second-order valence-corrected chi connectivity index (χ2v) is 11.1. The second kappa shape index (κ2) is 34.9. The maximum atomic E-state index is 10.3. The van der Waals surface area contributed by atoms with Crippen molar-refractivity contribution in [2.24, 2.45) is 0 Å². The fourth-order valence-electron chi connectivity index (χ4n) is 4.76. The van der Waals surface area contributed by atoms with Gasteiger partial charge in [-0.25, -0.2) is 0 Å². The Hall–Kier alpha value is -1.06. The summed E-state index contributed by atoms with van der Waals surface area (Å²) in [6, 6.07) is 0. The maximum absolute atomic E-state index is 10.3. The van der Waals surface area contributed by atoms with Crippen LogP contribution >= 0.6 is 0 Å². The first-order valence-corrected chi connectivity index (χ1v) is 16.5. The predicted molar refractivity (Wildman–Crippen MR) is 161 cm³/mol. The van der Waals surface area contributed by atoms with E-state index < -0.39 is 11.9 Å². The van der Waals surface area contributed by atoms with Gasteiger partial charge < -0.3 is 10.2 Å². The fraction of sp³-hybridized carbons (Fsp3) is 0.939. The van der Waals surface area contributed by atoms with Crippen LogP contribution in [-0.2, 0) is 9.59 Å². The first-order chi connectivity index (χ1) is 18.0. The molecule has 0 amide bonds. The molecule has 0 spiro atoms. The van der Waals surface area contributed by atoms with Crippen LogP contribution in [0.2, 0.25) is 0 Å². The monoisotopic (exact) mass is 526 g/mol. The van der Waals surface area contributed by atoms with Crippen molar-refractivity contribution in [3.8, 4) is 0 Å². The number of aliphatic carboxylic acids is 2. The molecule has 0 aliphatic carbocycles. The molecule has 0 saturated carbocycles. The number of carboxylic acid groups (broad SMARTS) is 2. The predicted octanol–water partition coefficient (Wildman–Crippen LogP) is 11.5. The summed E-state index contributed by atoms with van der Waals surface area (Å²) >= 11 is 0. The van der Waals surface area contributed by atoms with Crippen molar-refractivity contribution in [1.29, 1.82) is 0 Å². The van der Waals surface area contributed by atoms with Gasteiger partial charge in [0.2, 0.25) is 0 Å². The quantitative estimate of drug-likeness (QED) is 0.0950. The molecule has 0 aliphatic heterocycles. The Balaban J connectivity index is 0. The van der Waals surface area contributed by atoms with E-state index in [1.165, 1.54) is 148 Å². The summed E-state index contributed by atoms with van der Waals surface area (Å²) in [6.45, 7) is 4.53. The number of hydrogen-bond donors (Lipinski definition) is 2. The van der Waals surface area contributed by atoms with E-state index in [4.69, 9.17) is 10.2 Å². The lowest BCUT2D eigenvalue weighted by Gasteiger charge is -2.02.